The van der Waals surface area contributed by atoms with E-state index in [1.54, 1.807) is 20.8 Å². The summed E-state index contributed by atoms with van der Waals surface area (Å²) in [4.78, 5) is 26.7. The van der Waals surface area contributed by atoms with Gasteiger partial charge in [-0.3, -0.25) is 9.69 Å². The smallest absolute Gasteiger partial charge is 0.410 e. The number of halogens is 4. The maximum absolute atomic E-state index is 14.0. The molecule has 3 rings (SSSR count). The quantitative estimate of drug-likeness (QED) is 0.428. The lowest BCUT2D eigenvalue weighted by Gasteiger charge is -2.47. The molecule has 28 heavy (non-hydrogen) atoms. The van der Waals surface area contributed by atoms with Crippen molar-refractivity contribution < 1.29 is 36.6 Å². The fourth-order valence-electron chi connectivity index (χ4n) is 3.74. The highest BCUT2D eigenvalue weighted by Gasteiger charge is 2.46. The summed E-state index contributed by atoms with van der Waals surface area (Å²) < 4.78 is 65.8. The maximum atomic E-state index is 14.0. The topological polar surface area (TPSA) is 55.8 Å². The number of piperidine rings is 1. The van der Waals surface area contributed by atoms with Gasteiger partial charge in [0.1, 0.15) is 5.60 Å². The van der Waals surface area contributed by atoms with E-state index in [2.05, 4.69) is 0 Å². The molecule has 2 heterocycles. The maximum Gasteiger partial charge on any atom is 0.410 e. The first-order chi connectivity index (χ1) is 13.0. The van der Waals surface area contributed by atoms with Crippen LogP contribution < -0.4 is 0 Å². The number of amides is 1. The minimum Gasteiger partial charge on any atom is -0.444 e. The van der Waals surface area contributed by atoms with Crippen LogP contribution in [0.25, 0.3) is 0 Å². The van der Waals surface area contributed by atoms with Crippen LogP contribution in [0, 0.1) is 29.2 Å². The van der Waals surface area contributed by atoms with E-state index in [0.717, 1.165) is 0 Å². The molecule has 0 aromatic heterocycles. The molecule has 2 atom stereocenters. The van der Waals surface area contributed by atoms with Crippen molar-refractivity contribution in [1.82, 2.24) is 4.90 Å². The Morgan fingerprint density at radius 1 is 1.04 bits per heavy atom. The van der Waals surface area contributed by atoms with Crippen LogP contribution in [0.3, 0.4) is 0 Å². The van der Waals surface area contributed by atoms with Crippen LogP contribution in [0.15, 0.2) is 6.07 Å². The second-order valence-corrected chi connectivity index (χ2v) is 8.11. The van der Waals surface area contributed by atoms with Crippen LogP contribution in [0.2, 0.25) is 0 Å². The molecule has 9 heteroatoms. The highest BCUT2D eigenvalue weighted by Crippen LogP contribution is 2.36. The summed E-state index contributed by atoms with van der Waals surface area (Å²) in [5.41, 5.74) is -1.93. The van der Waals surface area contributed by atoms with E-state index in [-0.39, 0.29) is 32.1 Å². The summed E-state index contributed by atoms with van der Waals surface area (Å²) in [6, 6.07) is -1.02. The van der Waals surface area contributed by atoms with Crippen LogP contribution >= 0.6 is 0 Å². The van der Waals surface area contributed by atoms with Gasteiger partial charge in [-0.25, -0.2) is 22.4 Å². The monoisotopic (exact) mass is 403 g/mol. The van der Waals surface area contributed by atoms with Crippen molar-refractivity contribution in [2.75, 3.05) is 13.2 Å². The number of hydrogen-bond donors (Lipinski definition) is 0. The van der Waals surface area contributed by atoms with Gasteiger partial charge in [0.2, 0.25) is 0 Å². The van der Waals surface area contributed by atoms with Crippen molar-refractivity contribution in [1.29, 1.82) is 0 Å². The van der Waals surface area contributed by atoms with Crippen molar-refractivity contribution in [3.8, 4) is 0 Å². The normalized spacial score (nSPS) is 24.8. The van der Waals surface area contributed by atoms with Crippen molar-refractivity contribution in [3.63, 3.8) is 0 Å². The molecule has 1 amide bonds. The highest BCUT2D eigenvalue weighted by atomic mass is 19.2. The molecule has 0 N–H and O–H groups in total. The Morgan fingerprint density at radius 2 is 1.54 bits per heavy atom. The lowest BCUT2D eigenvalue weighted by atomic mass is 9.80. The Bertz CT molecular complexity index is 768. The fraction of sp³-hybridized carbons (Fsp3) is 0.579. The number of fused-ring (bicyclic) bond motifs is 2. The summed E-state index contributed by atoms with van der Waals surface area (Å²) in [5, 5.41) is 0. The van der Waals surface area contributed by atoms with Gasteiger partial charge in [-0.2, -0.15) is 0 Å². The molecule has 0 aliphatic carbocycles. The molecule has 154 valence electrons. The van der Waals surface area contributed by atoms with Gasteiger partial charge in [-0.05, 0) is 33.6 Å². The molecule has 1 aromatic carbocycles. The summed E-state index contributed by atoms with van der Waals surface area (Å²) >= 11 is 0. The number of ether oxygens (including phenoxy) is 2. The number of Topliss-reactive ketones (excluding diaryl/α,β-unsaturated/α-hetero) is 1. The first-order valence-electron chi connectivity index (χ1n) is 8.96. The van der Waals surface area contributed by atoms with E-state index >= 15 is 0 Å². The molecule has 5 nitrogen and oxygen atoms in total. The SMILES string of the molecule is CC(C)(C)OC(=O)N1C2COCC1CC(C(=O)c1c(F)c(F)cc(F)c1F)C2. The van der Waals surface area contributed by atoms with Crippen molar-refractivity contribution in [2.24, 2.45) is 5.92 Å². The number of morpholine rings is 1. The zero-order valence-corrected chi connectivity index (χ0v) is 15.7. The van der Waals surface area contributed by atoms with E-state index in [9.17, 15) is 27.2 Å². The molecule has 2 unspecified atom stereocenters. The van der Waals surface area contributed by atoms with Crippen LogP contribution in [-0.4, -0.2) is 47.7 Å². The largest absolute Gasteiger partial charge is 0.444 e. The number of hydrogen-bond acceptors (Lipinski definition) is 4. The predicted octanol–water partition coefficient (Wildman–Crippen LogP) is 3.84. The zero-order valence-electron chi connectivity index (χ0n) is 15.7. The third kappa shape index (κ3) is 3.85. The Morgan fingerprint density at radius 3 is 2.00 bits per heavy atom. The van der Waals surface area contributed by atoms with Gasteiger partial charge < -0.3 is 9.47 Å². The molecule has 0 spiro atoms. The third-order valence-electron chi connectivity index (χ3n) is 4.85. The third-order valence-corrected chi connectivity index (χ3v) is 4.85. The summed E-state index contributed by atoms with van der Waals surface area (Å²) in [6.45, 7) is 5.41. The first kappa shape index (κ1) is 20.6. The van der Waals surface area contributed by atoms with Gasteiger partial charge in [0.05, 0.1) is 30.9 Å². The summed E-state index contributed by atoms with van der Waals surface area (Å²) in [5.74, 6) is -8.59. The minimum absolute atomic E-state index is 0.0472. The van der Waals surface area contributed by atoms with Crippen LogP contribution in [0.4, 0.5) is 22.4 Å². The van der Waals surface area contributed by atoms with E-state index in [4.69, 9.17) is 9.47 Å². The van der Waals surface area contributed by atoms with Crippen LogP contribution in [0.5, 0.6) is 0 Å². The molecule has 2 bridgehead atoms. The van der Waals surface area contributed by atoms with Gasteiger partial charge in [0.25, 0.3) is 0 Å². The number of carbonyl (C=O) groups excluding carboxylic acids is 2. The first-order valence-corrected chi connectivity index (χ1v) is 8.96. The molecule has 0 radical (unpaired) electrons. The van der Waals surface area contributed by atoms with Crippen molar-refractivity contribution in [3.05, 3.63) is 34.9 Å². The van der Waals surface area contributed by atoms with Gasteiger partial charge >= 0.3 is 6.09 Å². The van der Waals surface area contributed by atoms with Crippen LogP contribution in [-0.2, 0) is 9.47 Å². The molecule has 0 saturated carbocycles. The standard InChI is InChI=1S/C19H21F4NO4/c1-19(2,3)28-18(26)24-10-4-9(5-11(24)8-27-7-10)17(25)14-15(22)12(20)6-13(21)16(14)23/h6,9-11H,4-5,7-8H2,1-3H3. The number of benzene rings is 1. The van der Waals surface area contributed by atoms with Gasteiger partial charge in [-0.15, -0.1) is 0 Å². The highest BCUT2D eigenvalue weighted by molar-refractivity contribution is 5.98. The molecule has 2 aliphatic heterocycles. The van der Waals surface area contributed by atoms with E-state index in [0.29, 0.717) is 0 Å². The van der Waals surface area contributed by atoms with E-state index in [1.165, 1.54) is 4.90 Å². The lowest BCUT2D eigenvalue weighted by molar-refractivity contribution is -0.0861. The average molecular weight is 403 g/mol. The molecule has 2 aliphatic rings. The van der Waals surface area contributed by atoms with Gasteiger partial charge in [0, 0.05) is 12.0 Å². The average Bonchev–Trinajstić information content (AvgIpc) is 2.57. The summed E-state index contributed by atoms with van der Waals surface area (Å²) in [6.07, 6.45) is -0.470. The number of ketones is 1. The minimum atomic E-state index is -1.71. The van der Waals surface area contributed by atoms with E-state index in [1.807, 2.05) is 0 Å². The van der Waals surface area contributed by atoms with Crippen molar-refractivity contribution >= 4 is 11.9 Å². The molecule has 2 fully saturated rings. The Hall–Kier alpha value is -2.16. The second-order valence-electron chi connectivity index (χ2n) is 8.11. The van der Waals surface area contributed by atoms with Crippen LogP contribution in [0.1, 0.15) is 44.0 Å². The lowest BCUT2D eigenvalue weighted by Crippen LogP contribution is -2.60. The Kier molecular flexibility index (Phi) is 5.40. The second kappa shape index (κ2) is 7.35. The molecule has 2 saturated heterocycles. The summed E-state index contributed by atoms with van der Waals surface area (Å²) in [7, 11) is 0. The predicted molar refractivity (Wildman–Crippen MR) is 89.8 cm³/mol. The van der Waals surface area contributed by atoms with Crippen molar-refractivity contribution in [2.45, 2.75) is 51.3 Å². The van der Waals surface area contributed by atoms with E-state index < -0.39 is 64.3 Å². The Balaban J connectivity index is 1.85. The molecular weight excluding hydrogens is 382 g/mol. The molecular formula is C19H21F4NO4. The molecule has 1 aromatic rings. The number of nitrogens with zero attached hydrogens (tertiary/aromatic N) is 1. The number of rotatable bonds is 2. The van der Waals surface area contributed by atoms with Gasteiger partial charge in [-0.1, -0.05) is 0 Å². The Labute approximate surface area is 159 Å². The number of carbonyl (C=O) groups is 2. The zero-order chi connectivity index (χ0) is 20.8. The fourth-order valence-corrected chi connectivity index (χ4v) is 3.74. The van der Waals surface area contributed by atoms with Gasteiger partial charge in [0.15, 0.2) is 29.1 Å².